The molecule has 0 saturated carbocycles. The van der Waals surface area contributed by atoms with E-state index in [0.29, 0.717) is 11.3 Å². The smallest absolute Gasteiger partial charge is 0.331 e. The van der Waals surface area contributed by atoms with Gasteiger partial charge in [0, 0.05) is 56.1 Å². The number of nitrogens with zero attached hydrogens (tertiary/aromatic N) is 3. The average molecular weight is 494 g/mol. The van der Waals surface area contributed by atoms with Gasteiger partial charge >= 0.3 is 5.97 Å². The molecule has 194 valence electrons. The molecule has 1 N–H and O–H groups in total. The third-order valence-corrected chi connectivity index (χ3v) is 7.49. The van der Waals surface area contributed by atoms with Crippen LogP contribution in [0.3, 0.4) is 0 Å². The van der Waals surface area contributed by atoms with Crippen LogP contribution in [-0.2, 0) is 16.1 Å². The molecule has 36 heavy (non-hydrogen) atoms. The van der Waals surface area contributed by atoms with Crippen LogP contribution in [0.1, 0.15) is 57.7 Å². The van der Waals surface area contributed by atoms with Crippen LogP contribution in [0.5, 0.6) is 5.75 Å². The summed E-state index contributed by atoms with van der Waals surface area (Å²) in [6.07, 6.45) is 0.752. The average Bonchev–Trinajstić information content (AvgIpc) is 3.00. The number of aliphatic carboxylic acids is 1. The largest absolute Gasteiger partial charge is 0.480 e. The molecule has 7 nitrogen and oxygen atoms in total. The van der Waals surface area contributed by atoms with Gasteiger partial charge in [-0.05, 0) is 44.2 Å². The van der Waals surface area contributed by atoms with Crippen molar-refractivity contribution in [3.63, 3.8) is 0 Å². The Bertz CT molecular complexity index is 1050. The quantitative estimate of drug-likeness (QED) is 0.581. The minimum Gasteiger partial charge on any atom is -0.480 e. The summed E-state index contributed by atoms with van der Waals surface area (Å²) in [7, 11) is 0. The summed E-state index contributed by atoms with van der Waals surface area (Å²) >= 11 is 0. The predicted molar refractivity (Wildman–Crippen MR) is 141 cm³/mol. The molecule has 2 heterocycles. The maximum Gasteiger partial charge on any atom is 0.331 e. The molecule has 0 aromatic heterocycles. The van der Waals surface area contributed by atoms with Crippen molar-refractivity contribution in [2.75, 3.05) is 31.1 Å². The van der Waals surface area contributed by atoms with Crippen LogP contribution in [-0.4, -0.2) is 65.1 Å². The maximum atomic E-state index is 13.9. The third kappa shape index (κ3) is 5.36. The van der Waals surface area contributed by atoms with Gasteiger partial charge < -0.3 is 19.6 Å². The number of likely N-dealkylation sites (tertiary alicyclic amines) is 1. The van der Waals surface area contributed by atoms with Gasteiger partial charge in [0.05, 0.1) is 0 Å². The third-order valence-electron chi connectivity index (χ3n) is 7.49. The highest BCUT2D eigenvalue weighted by molar-refractivity contribution is 5.89. The van der Waals surface area contributed by atoms with Gasteiger partial charge in [-0.1, -0.05) is 50.2 Å². The molecule has 0 radical (unpaired) electrons. The van der Waals surface area contributed by atoms with E-state index in [-0.39, 0.29) is 17.9 Å². The monoisotopic (exact) mass is 493 g/mol. The zero-order valence-corrected chi connectivity index (χ0v) is 21.9. The van der Waals surface area contributed by atoms with Crippen molar-refractivity contribution < 1.29 is 19.4 Å². The summed E-state index contributed by atoms with van der Waals surface area (Å²) in [6.45, 7) is 12.2. The van der Waals surface area contributed by atoms with Crippen LogP contribution in [0, 0.1) is 5.92 Å². The van der Waals surface area contributed by atoms with Crippen molar-refractivity contribution in [2.45, 2.75) is 65.3 Å². The Hall–Kier alpha value is -3.06. The number of anilines is 1. The lowest BCUT2D eigenvalue weighted by atomic mass is 9.95. The lowest BCUT2D eigenvalue weighted by Crippen LogP contribution is -2.53. The number of rotatable bonds is 8. The molecule has 1 fully saturated rings. The Morgan fingerprint density at radius 3 is 2.33 bits per heavy atom. The minimum atomic E-state index is -1.06. The van der Waals surface area contributed by atoms with Crippen molar-refractivity contribution >= 4 is 17.6 Å². The summed E-state index contributed by atoms with van der Waals surface area (Å²) in [4.78, 5) is 32.8. The molecule has 0 bridgehead atoms. The van der Waals surface area contributed by atoms with Gasteiger partial charge in [0.1, 0.15) is 5.75 Å². The van der Waals surface area contributed by atoms with Crippen LogP contribution in [0.15, 0.2) is 48.5 Å². The fourth-order valence-electron chi connectivity index (χ4n) is 5.51. The van der Waals surface area contributed by atoms with Crippen LogP contribution in [0.2, 0.25) is 0 Å². The number of carbonyl (C=O) groups is 2. The molecular weight excluding hydrogens is 454 g/mol. The first-order chi connectivity index (χ1) is 17.3. The molecule has 1 amide bonds. The Balaban J connectivity index is 1.64. The predicted octanol–water partition coefficient (Wildman–Crippen LogP) is 4.57. The van der Waals surface area contributed by atoms with E-state index in [9.17, 15) is 14.7 Å². The topological polar surface area (TPSA) is 73.3 Å². The molecule has 2 aromatic rings. The normalized spacial score (nSPS) is 21.1. The van der Waals surface area contributed by atoms with Gasteiger partial charge in [-0.3, -0.25) is 9.69 Å². The number of hydrogen-bond donors (Lipinski definition) is 1. The number of carboxylic acid groups (broad SMARTS) is 1. The lowest BCUT2D eigenvalue weighted by molar-refractivity contribution is -0.157. The second-order valence-electron chi connectivity index (χ2n) is 10.2. The van der Waals surface area contributed by atoms with Crippen LogP contribution >= 0.6 is 0 Å². The molecule has 4 rings (SSSR count). The molecule has 2 aliphatic heterocycles. The van der Waals surface area contributed by atoms with Crippen molar-refractivity contribution in [3.05, 3.63) is 59.7 Å². The summed E-state index contributed by atoms with van der Waals surface area (Å²) < 4.78 is 6.32. The minimum absolute atomic E-state index is 0.0873. The lowest BCUT2D eigenvalue weighted by Gasteiger charge is -2.41. The standard InChI is InChI=1S/C29H39N3O4/c1-5-31(6-2)23-12-13-24-25(18-23)36-27(20(3)4)28(33)32(26(24)29(34)35)22-14-16-30(17-15-22)19-21-10-8-7-9-11-21/h7-13,18,20,22,26-27H,5-6,14-17,19H2,1-4H3,(H,34,35). The van der Waals surface area contributed by atoms with Crippen molar-refractivity contribution in [1.29, 1.82) is 0 Å². The molecule has 0 spiro atoms. The summed E-state index contributed by atoms with van der Waals surface area (Å²) in [6, 6.07) is 14.8. The second kappa shape index (κ2) is 11.3. The molecule has 2 aromatic carbocycles. The van der Waals surface area contributed by atoms with Crippen molar-refractivity contribution in [3.8, 4) is 5.75 Å². The molecule has 0 aliphatic carbocycles. The first kappa shape index (κ1) is 26.0. The highest BCUT2D eigenvalue weighted by atomic mass is 16.5. The van der Waals surface area contributed by atoms with Gasteiger partial charge in [-0.25, -0.2) is 4.79 Å². The number of fused-ring (bicyclic) bond motifs is 1. The fraction of sp³-hybridized carbons (Fsp3) is 0.517. The zero-order chi connectivity index (χ0) is 25.8. The molecular formula is C29H39N3O4. The van der Waals surface area contributed by atoms with E-state index in [1.807, 2.05) is 50.2 Å². The van der Waals surface area contributed by atoms with Crippen molar-refractivity contribution in [1.82, 2.24) is 9.80 Å². The maximum absolute atomic E-state index is 13.9. The SMILES string of the molecule is CCN(CC)c1ccc2c(c1)OC(C(C)C)C(=O)N(C1CCN(Cc3ccccc3)CC1)C2C(=O)O. The van der Waals surface area contributed by atoms with Crippen LogP contribution < -0.4 is 9.64 Å². The Kier molecular flexibility index (Phi) is 8.19. The zero-order valence-electron chi connectivity index (χ0n) is 21.9. The fourth-order valence-corrected chi connectivity index (χ4v) is 5.51. The van der Waals surface area contributed by atoms with E-state index < -0.39 is 18.1 Å². The van der Waals surface area contributed by atoms with E-state index in [1.165, 1.54) is 5.56 Å². The van der Waals surface area contributed by atoms with E-state index in [1.54, 1.807) is 4.90 Å². The molecule has 1 saturated heterocycles. The highest BCUT2D eigenvalue weighted by Crippen LogP contribution is 2.40. The molecule has 2 atom stereocenters. The van der Waals surface area contributed by atoms with Gasteiger partial charge in [-0.2, -0.15) is 0 Å². The Labute approximate surface area is 214 Å². The summed E-state index contributed by atoms with van der Waals surface area (Å²) in [5.41, 5.74) is 2.79. The summed E-state index contributed by atoms with van der Waals surface area (Å²) in [5, 5.41) is 10.4. The number of benzene rings is 2. The van der Waals surface area contributed by atoms with Gasteiger partial charge in [0.25, 0.3) is 5.91 Å². The molecule has 2 aliphatic rings. The van der Waals surface area contributed by atoms with Crippen LogP contribution in [0.25, 0.3) is 0 Å². The molecule has 2 unspecified atom stereocenters. The number of hydrogen-bond acceptors (Lipinski definition) is 5. The number of carbonyl (C=O) groups excluding carboxylic acids is 1. The van der Waals surface area contributed by atoms with Crippen molar-refractivity contribution in [2.24, 2.45) is 5.92 Å². The number of amides is 1. The first-order valence-electron chi connectivity index (χ1n) is 13.2. The second-order valence-corrected chi connectivity index (χ2v) is 10.2. The van der Waals surface area contributed by atoms with Gasteiger partial charge in [0.2, 0.25) is 0 Å². The number of piperidine rings is 1. The van der Waals surface area contributed by atoms with E-state index in [2.05, 4.69) is 35.8 Å². The van der Waals surface area contributed by atoms with E-state index in [4.69, 9.17) is 4.74 Å². The number of carboxylic acids is 1. The Morgan fingerprint density at radius 1 is 1.08 bits per heavy atom. The van der Waals surface area contributed by atoms with E-state index in [0.717, 1.165) is 51.3 Å². The van der Waals surface area contributed by atoms with E-state index >= 15 is 0 Å². The van der Waals surface area contributed by atoms with Gasteiger partial charge in [0.15, 0.2) is 12.1 Å². The highest BCUT2D eigenvalue weighted by Gasteiger charge is 2.45. The van der Waals surface area contributed by atoms with Crippen LogP contribution in [0.4, 0.5) is 5.69 Å². The first-order valence-corrected chi connectivity index (χ1v) is 13.2. The molecule has 7 heteroatoms. The summed E-state index contributed by atoms with van der Waals surface area (Å²) in [5.74, 6) is -0.821. The van der Waals surface area contributed by atoms with Gasteiger partial charge in [-0.15, -0.1) is 0 Å². The Morgan fingerprint density at radius 2 is 1.75 bits per heavy atom. The number of ether oxygens (including phenoxy) is 1.